The third kappa shape index (κ3) is 7.30. The lowest BCUT2D eigenvalue weighted by atomic mass is 10.1. The maximum Gasteiger partial charge on any atom is 0.339 e. The van der Waals surface area contributed by atoms with Crippen LogP contribution in [0.1, 0.15) is 59.7 Å². The maximum absolute atomic E-state index is 11.5. The second kappa shape index (κ2) is 12.0. The standard InChI is InChI=1S/C28H28ClNO3/c1-2-3-4-5-18-30(25-16-17-27(31)26(19-25)28(32)33)20-23-10-8-21(9-11-23)6-7-22-12-14-24(29)15-13-22/h8-17,19,31H,2-5,18,20H2,1H3,(H,32,33). The third-order valence-corrected chi connectivity index (χ3v) is 5.63. The lowest BCUT2D eigenvalue weighted by molar-refractivity contribution is 0.0693. The highest BCUT2D eigenvalue weighted by Gasteiger charge is 2.14. The minimum Gasteiger partial charge on any atom is -0.507 e. The van der Waals surface area contributed by atoms with Crippen LogP contribution in [0.25, 0.3) is 0 Å². The van der Waals surface area contributed by atoms with E-state index < -0.39 is 5.97 Å². The van der Waals surface area contributed by atoms with E-state index in [9.17, 15) is 15.0 Å². The molecule has 0 heterocycles. The van der Waals surface area contributed by atoms with Gasteiger partial charge in [-0.1, -0.05) is 61.8 Å². The summed E-state index contributed by atoms with van der Waals surface area (Å²) in [6, 6.07) is 20.3. The first-order valence-electron chi connectivity index (χ1n) is 11.1. The number of carboxylic acids is 1. The molecule has 0 bridgehead atoms. The number of hydrogen-bond acceptors (Lipinski definition) is 3. The molecule has 0 aromatic heterocycles. The highest BCUT2D eigenvalue weighted by molar-refractivity contribution is 6.30. The van der Waals surface area contributed by atoms with Gasteiger partial charge in [0.2, 0.25) is 0 Å². The van der Waals surface area contributed by atoms with Crippen LogP contribution in [-0.4, -0.2) is 22.7 Å². The number of hydrogen-bond donors (Lipinski definition) is 2. The molecule has 3 aromatic carbocycles. The minimum absolute atomic E-state index is 0.0844. The van der Waals surface area contributed by atoms with Gasteiger partial charge in [0.25, 0.3) is 0 Å². The number of carbonyl (C=O) groups is 1. The number of aromatic carboxylic acids is 1. The fraction of sp³-hybridized carbons (Fsp3) is 0.250. The van der Waals surface area contributed by atoms with Gasteiger partial charge in [0, 0.05) is 34.9 Å². The first-order chi connectivity index (χ1) is 16.0. The summed E-state index contributed by atoms with van der Waals surface area (Å²) in [5, 5.41) is 20.0. The summed E-state index contributed by atoms with van der Waals surface area (Å²) < 4.78 is 0. The van der Waals surface area contributed by atoms with Crippen LogP contribution in [-0.2, 0) is 6.54 Å². The predicted molar refractivity (Wildman–Crippen MR) is 134 cm³/mol. The molecule has 0 saturated heterocycles. The number of halogens is 1. The van der Waals surface area contributed by atoms with Gasteiger partial charge in [-0.3, -0.25) is 0 Å². The van der Waals surface area contributed by atoms with Gasteiger partial charge < -0.3 is 15.1 Å². The van der Waals surface area contributed by atoms with Crippen molar-refractivity contribution in [2.75, 3.05) is 11.4 Å². The van der Waals surface area contributed by atoms with Gasteiger partial charge in [-0.2, -0.15) is 0 Å². The van der Waals surface area contributed by atoms with E-state index in [1.807, 2.05) is 48.5 Å². The molecule has 33 heavy (non-hydrogen) atoms. The van der Waals surface area contributed by atoms with Gasteiger partial charge in [0.05, 0.1) is 0 Å². The van der Waals surface area contributed by atoms with Gasteiger partial charge in [-0.25, -0.2) is 4.79 Å². The summed E-state index contributed by atoms with van der Waals surface area (Å²) in [7, 11) is 0. The quantitative estimate of drug-likeness (QED) is 0.274. The van der Waals surface area contributed by atoms with Crippen LogP contribution in [0.15, 0.2) is 66.7 Å². The van der Waals surface area contributed by atoms with Crippen molar-refractivity contribution >= 4 is 23.3 Å². The Labute approximate surface area is 200 Å². The SMILES string of the molecule is CCCCCCN(Cc1ccc(C#Cc2ccc(Cl)cc2)cc1)c1ccc(O)c(C(=O)O)c1. The first kappa shape index (κ1) is 24.2. The summed E-state index contributed by atoms with van der Waals surface area (Å²) >= 11 is 5.92. The Morgan fingerprint density at radius 1 is 0.909 bits per heavy atom. The molecule has 0 unspecified atom stereocenters. The van der Waals surface area contributed by atoms with Crippen LogP contribution >= 0.6 is 11.6 Å². The van der Waals surface area contributed by atoms with Crippen molar-refractivity contribution in [2.24, 2.45) is 0 Å². The largest absolute Gasteiger partial charge is 0.507 e. The molecule has 5 heteroatoms. The molecule has 3 rings (SSSR count). The number of phenols is 1. The maximum atomic E-state index is 11.5. The van der Waals surface area contributed by atoms with Crippen molar-refractivity contribution in [3.8, 4) is 17.6 Å². The number of aromatic hydroxyl groups is 1. The van der Waals surface area contributed by atoms with Crippen LogP contribution < -0.4 is 4.90 Å². The van der Waals surface area contributed by atoms with Crippen molar-refractivity contribution in [1.29, 1.82) is 0 Å². The highest BCUT2D eigenvalue weighted by Crippen LogP contribution is 2.26. The van der Waals surface area contributed by atoms with Crippen molar-refractivity contribution in [3.63, 3.8) is 0 Å². The summed E-state index contributed by atoms with van der Waals surface area (Å²) in [5.41, 5.74) is 3.63. The summed E-state index contributed by atoms with van der Waals surface area (Å²) in [6.45, 7) is 3.62. The third-order valence-electron chi connectivity index (χ3n) is 5.38. The molecule has 0 amide bonds. The Morgan fingerprint density at radius 3 is 2.15 bits per heavy atom. The predicted octanol–water partition coefficient (Wildman–Crippen LogP) is 6.73. The second-order valence-electron chi connectivity index (χ2n) is 7.94. The smallest absolute Gasteiger partial charge is 0.339 e. The fourth-order valence-corrected chi connectivity index (χ4v) is 3.64. The molecule has 0 saturated carbocycles. The zero-order valence-corrected chi connectivity index (χ0v) is 19.5. The molecular formula is C28H28ClNO3. The Kier molecular flexibility index (Phi) is 8.80. The Balaban J connectivity index is 1.76. The van der Waals surface area contributed by atoms with Crippen LogP contribution in [0, 0.1) is 11.8 Å². The van der Waals surface area contributed by atoms with E-state index in [1.54, 1.807) is 12.1 Å². The molecule has 3 aromatic rings. The number of carboxylic acid groups (broad SMARTS) is 1. The normalized spacial score (nSPS) is 10.4. The Bertz CT molecular complexity index is 1130. The van der Waals surface area contributed by atoms with E-state index in [0.29, 0.717) is 11.6 Å². The average Bonchev–Trinajstić information content (AvgIpc) is 2.82. The summed E-state index contributed by atoms with van der Waals surface area (Å²) in [6.07, 6.45) is 4.46. The van der Waals surface area contributed by atoms with Crippen LogP contribution in [0.4, 0.5) is 5.69 Å². The number of rotatable bonds is 9. The van der Waals surface area contributed by atoms with Crippen molar-refractivity contribution < 1.29 is 15.0 Å². The molecular weight excluding hydrogens is 434 g/mol. The number of anilines is 1. The zero-order valence-electron chi connectivity index (χ0n) is 18.7. The van der Waals surface area contributed by atoms with Crippen LogP contribution in [0.3, 0.4) is 0 Å². The second-order valence-corrected chi connectivity index (χ2v) is 8.38. The molecule has 0 aliphatic carbocycles. The van der Waals surface area contributed by atoms with Crippen molar-refractivity contribution in [3.05, 3.63) is 94.0 Å². The number of nitrogens with zero attached hydrogens (tertiary/aromatic N) is 1. The van der Waals surface area contributed by atoms with Crippen molar-refractivity contribution in [1.82, 2.24) is 0 Å². The van der Waals surface area contributed by atoms with E-state index in [4.69, 9.17) is 11.6 Å². The van der Waals surface area contributed by atoms with Gasteiger partial charge >= 0.3 is 5.97 Å². The Hall–Kier alpha value is -3.42. The molecule has 0 aliphatic rings. The Morgan fingerprint density at radius 2 is 1.55 bits per heavy atom. The number of unbranched alkanes of at least 4 members (excludes halogenated alkanes) is 3. The molecule has 0 fully saturated rings. The van der Waals surface area contributed by atoms with E-state index in [-0.39, 0.29) is 11.3 Å². The van der Waals surface area contributed by atoms with Gasteiger partial charge in [0.1, 0.15) is 11.3 Å². The van der Waals surface area contributed by atoms with E-state index in [2.05, 4.69) is 23.7 Å². The molecule has 0 atom stereocenters. The highest BCUT2D eigenvalue weighted by atomic mass is 35.5. The molecule has 0 spiro atoms. The van der Waals surface area contributed by atoms with Crippen molar-refractivity contribution in [2.45, 2.75) is 39.2 Å². The topological polar surface area (TPSA) is 60.8 Å². The van der Waals surface area contributed by atoms with Gasteiger partial charge in [-0.05, 0) is 66.6 Å². The molecule has 0 radical (unpaired) electrons. The summed E-state index contributed by atoms with van der Waals surface area (Å²) in [4.78, 5) is 13.6. The van der Waals surface area contributed by atoms with Gasteiger partial charge in [0.15, 0.2) is 0 Å². The molecule has 0 aliphatic heterocycles. The lowest BCUT2D eigenvalue weighted by Crippen LogP contribution is -2.24. The monoisotopic (exact) mass is 461 g/mol. The van der Waals surface area contributed by atoms with Gasteiger partial charge in [-0.15, -0.1) is 0 Å². The van der Waals surface area contributed by atoms with E-state index in [0.717, 1.165) is 48.2 Å². The van der Waals surface area contributed by atoms with E-state index in [1.165, 1.54) is 12.5 Å². The van der Waals surface area contributed by atoms with Crippen LogP contribution in [0.5, 0.6) is 5.75 Å². The average molecular weight is 462 g/mol. The zero-order chi connectivity index (χ0) is 23.6. The number of benzene rings is 3. The fourth-order valence-electron chi connectivity index (χ4n) is 3.51. The minimum atomic E-state index is -1.14. The molecule has 4 nitrogen and oxygen atoms in total. The lowest BCUT2D eigenvalue weighted by Gasteiger charge is -2.25. The van der Waals surface area contributed by atoms with E-state index >= 15 is 0 Å². The summed E-state index contributed by atoms with van der Waals surface area (Å²) in [5.74, 6) is 4.95. The van der Waals surface area contributed by atoms with Crippen LogP contribution in [0.2, 0.25) is 5.02 Å². The molecule has 170 valence electrons. The first-order valence-corrected chi connectivity index (χ1v) is 11.5. The molecule has 2 N–H and O–H groups in total.